The van der Waals surface area contributed by atoms with Crippen LogP contribution in [0.4, 0.5) is 0 Å². The van der Waals surface area contributed by atoms with E-state index in [9.17, 15) is 5.11 Å². The molecule has 3 rings (SSSR count). The highest BCUT2D eigenvalue weighted by Crippen LogP contribution is 2.31. The maximum Gasteiger partial charge on any atom is 0.121 e. The van der Waals surface area contributed by atoms with Crippen molar-refractivity contribution in [3.63, 3.8) is 0 Å². The van der Waals surface area contributed by atoms with Gasteiger partial charge in [0, 0.05) is 34.5 Å². The van der Waals surface area contributed by atoms with Gasteiger partial charge in [0.15, 0.2) is 0 Å². The minimum Gasteiger partial charge on any atom is -0.468 e. The lowest BCUT2D eigenvalue weighted by atomic mass is 9.93. The number of imidazole rings is 1. The van der Waals surface area contributed by atoms with Crippen LogP contribution in [0.3, 0.4) is 0 Å². The number of nitrogens with zero attached hydrogens (tertiary/aromatic N) is 2. The van der Waals surface area contributed by atoms with Gasteiger partial charge in [-0.15, -0.1) is 0 Å². The molecule has 0 saturated carbocycles. The smallest absolute Gasteiger partial charge is 0.121 e. The lowest BCUT2D eigenvalue weighted by Gasteiger charge is -2.30. The molecule has 0 bridgehead atoms. The number of nitrogens with one attached hydrogen (secondary N) is 1. The molecule has 7 heteroatoms. The number of benzene rings is 1. The second kappa shape index (κ2) is 7.40. The van der Waals surface area contributed by atoms with E-state index in [1.54, 1.807) is 47.8 Å². The molecule has 1 unspecified atom stereocenters. The molecular weight excluding hydrogens is 349 g/mol. The van der Waals surface area contributed by atoms with Gasteiger partial charge in [0.05, 0.1) is 25.7 Å². The highest BCUT2D eigenvalue weighted by molar-refractivity contribution is 6.35. The Kier molecular flexibility index (Phi) is 5.26. The summed E-state index contributed by atoms with van der Waals surface area (Å²) in [6.45, 7) is 1.09. The van der Waals surface area contributed by atoms with E-state index in [2.05, 4.69) is 10.3 Å². The molecule has 0 aliphatic carbocycles. The van der Waals surface area contributed by atoms with Crippen molar-refractivity contribution >= 4 is 23.2 Å². The summed E-state index contributed by atoms with van der Waals surface area (Å²) >= 11 is 12.3. The maximum atomic E-state index is 11.3. The van der Waals surface area contributed by atoms with Gasteiger partial charge < -0.3 is 19.4 Å². The Morgan fingerprint density at radius 2 is 2.17 bits per heavy atom. The lowest BCUT2D eigenvalue weighted by molar-refractivity contribution is 0.0182. The third-order valence-corrected chi connectivity index (χ3v) is 4.28. The first-order valence-electron chi connectivity index (χ1n) is 7.43. The van der Waals surface area contributed by atoms with Crippen LogP contribution in [0, 0.1) is 0 Å². The third-order valence-electron chi connectivity index (χ3n) is 3.73. The second-order valence-corrected chi connectivity index (χ2v) is 6.42. The summed E-state index contributed by atoms with van der Waals surface area (Å²) in [5.41, 5.74) is -0.621. The maximum absolute atomic E-state index is 11.3. The molecule has 1 aromatic carbocycles. The van der Waals surface area contributed by atoms with Crippen molar-refractivity contribution in [3.8, 4) is 0 Å². The van der Waals surface area contributed by atoms with Crippen molar-refractivity contribution in [3.05, 3.63) is 76.7 Å². The normalized spacial score (nSPS) is 13.8. The fraction of sp³-hybridized carbons (Fsp3) is 0.235. The standard InChI is InChI=1S/C17H17Cl2N3O2/c18-13-3-4-15(16(19)8-13)17(23,11-22-6-5-20-12-22)10-21-9-14-2-1-7-24-14/h1-8,12,21,23H,9-11H2. The molecule has 126 valence electrons. The van der Waals surface area contributed by atoms with Gasteiger partial charge in [-0.1, -0.05) is 29.3 Å². The van der Waals surface area contributed by atoms with Crippen LogP contribution in [0.2, 0.25) is 10.0 Å². The van der Waals surface area contributed by atoms with Crippen molar-refractivity contribution in [1.82, 2.24) is 14.9 Å². The highest BCUT2D eigenvalue weighted by Gasteiger charge is 2.32. The molecule has 2 heterocycles. The molecule has 0 radical (unpaired) electrons. The zero-order valence-corrected chi connectivity index (χ0v) is 14.3. The average molecular weight is 366 g/mol. The van der Waals surface area contributed by atoms with Crippen LogP contribution in [0.5, 0.6) is 0 Å². The Bertz CT molecular complexity index is 775. The van der Waals surface area contributed by atoms with Gasteiger partial charge >= 0.3 is 0 Å². The van der Waals surface area contributed by atoms with Crippen molar-refractivity contribution in [2.24, 2.45) is 0 Å². The van der Waals surface area contributed by atoms with E-state index in [1.807, 2.05) is 12.1 Å². The van der Waals surface area contributed by atoms with Crippen LogP contribution < -0.4 is 5.32 Å². The van der Waals surface area contributed by atoms with Crippen molar-refractivity contribution < 1.29 is 9.52 Å². The summed E-state index contributed by atoms with van der Waals surface area (Å²) in [5.74, 6) is 0.794. The molecule has 0 spiro atoms. The number of aromatic nitrogens is 2. The van der Waals surface area contributed by atoms with Gasteiger partial charge in [-0.25, -0.2) is 4.98 Å². The largest absolute Gasteiger partial charge is 0.468 e. The number of hydrogen-bond donors (Lipinski definition) is 2. The molecule has 1 atom stereocenters. The number of aliphatic hydroxyl groups is 1. The van der Waals surface area contributed by atoms with Crippen molar-refractivity contribution in [2.45, 2.75) is 18.7 Å². The summed E-state index contributed by atoms with van der Waals surface area (Å²) in [5, 5.41) is 15.4. The average Bonchev–Trinajstić information content (AvgIpc) is 3.20. The summed E-state index contributed by atoms with van der Waals surface area (Å²) in [6, 6.07) is 8.79. The Balaban J connectivity index is 1.82. The Morgan fingerprint density at radius 3 is 2.83 bits per heavy atom. The summed E-state index contributed by atoms with van der Waals surface area (Å²) < 4.78 is 7.10. The predicted molar refractivity (Wildman–Crippen MR) is 93.0 cm³/mol. The van der Waals surface area contributed by atoms with Crippen LogP contribution >= 0.6 is 23.2 Å². The SMILES string of the molecule is OC(CNCc1ccco1)(Cn1ccnc1)c1ccc(Cl)cc1Cl. The fourth-order valence-electron chi connectivity index (χ4n) is 2.59. The molecule has 0 fully saturated rings. The van der Waals surface area contributed by atoms with Gasteiger partial charge in [0.2, 0.25) is 0 Å². The number of halogens is 2. The number of rotatable bonds is 7. The van der Waals surface area contributed by atoms with E-state index in [0.717, 1.165) is 5.76 Å². The molecule has 0 aliphatic heterocycles. The van der Waals surface area contributed by atoms with Crippen LogP contribution in [0.1, 0.15) is 11.3 Å². The molecular formula is C17H17Cl2N3O2. The molecule has 2 N–H and O–H groups in total. The van der Waals surface area contributed by atoms with Crippen molar-refractivity contribution in [2.75, 3.05) is 6.54 Å². The summed E-state index contributed by atoms with van der Waals surface area (Å²) in [4.78, 5) is 4.02. The van der Waals surface area contributed by atoms with Crippen LogP contribution in [-0.2, 0) is 18.7 Å². The van der Waals surface area contributed by atoms with Gasteiger partial charge in [-0.2, -0.15) is 0 Å². The first-order chi connectivity index (χ1) is 11.6. The zero-order valence-electron chi connectivity index (χ0n) is 12.8. The summed E-state index contributed by atoms with van der Waals surface area (Å²) in [6.07, 6.45) is 6.73. The third kappa shape index (κ3) is 3.99. The molecule has 5 nitrogen and oxygen atoms in total. The number of hydrogen-bond acceptors (Lipinski definition) is 4. The fourth-order valence-corrected chi connectivity index (χ4v) is 3.18. The van der Waals surface area contributed by atoms with E-state index in [0.29, 0.717) is 28.7 Å². The van der Waals surface area contributed by atoms with Gasteiger partial charge in [-0.3, -0.25) is 0 Å². The molecule has 2 aromatic heterocycles. The zero-order chi connectivity index (χ0) is 17.0. The lowest BCUT2D eigenvalue weighted by Crippen LogP contribution is -2.41. The Labute approximate surface area is 149 Å². The predicted octanol–water partition coefficient (Wildman–Crippen LogP) is 3.46. The number of furan rings is 1. The summed E-state index contributed by atoms with van der Waals surface area (Å²) in [7, 11) is 0. The quantitative estimate of drug-likeness (QED) is 0.672. The minimum absolute atomic E-state index is 0.285. The highest BCUT2D eigenvalue weighted by atomic mass is 35.5. The monoisotopic (exact) mass is 365 g/mol. The topological polar surface area (TPSA) is 63.2 Å². The molecule has 3 aromatic rings. The molecule has 0 amide bonds. The van der Waals surface area contributed by atoms with Gasteiger partial charge in [0.25, 0.3) is 0 Å². The minimum atomic E-state index is -1.23. The van der Waals surface area contributed by atoms with E-state index < -0.39 is 5.60 Å². The first kappa shape index (κ1) is 17.0. The van der Waals surface area contributed by atoms with Gasteiger partial charge in [0.1, 0.15) is 11.4 Å². The second-order valence-electron chi connectivity index (χ2n) is 5.57. The Hall–Kier alpha value is -1.79. The van der Waals surface area contributed by atoms with Crippen LogP contribution in [-0.4, -0.2) is 21.2 Å². The van der Waals surface area contributed by atoms with E-state index in [1.165, 1.54) is 0 Å². The molecule has 24 heavy (non-hydrogen) atoms. The van der Waals surface area contributed by atoms with Crippen LogP contribution in [0.15, 0.2) is 59.7 Å². The first-order valence-corrected chi connectivity index (χ1v) is 8.19. The van der Waals surface area contributed by atoms with E-state index >= 15 is 0 Å². The van der Waals surface area contributed by atoms with Crippen LogP contribution in [0.25, 0.3) is 0 Å². The van der Waals surface area contributed by atoms with Gasteiger partial charge in [-0.05, 0) is 24.3 Å². The molecule has 0 aliphatic rings. The van der Waals surface area contributed by atoms with E-state index in [-0.39, 0.29) is 6.54 Å². The van der Waals surface area contributed by atoms with E-state index in [4.69, 9.17) is 27.6 Å². The molecule has 0 saturated heterocycles. The Morgan fingerprint density at radius 1 is 1.29 bits per heavy atom. The van der Waals surface area contributed by atoms with Crippen molar-refractivity contribution in [1.29, 1.82) is 0 Å².